The van der Waals surface area contributed by atoms with Gasteiger partial charge in [-0.2, -0.15) is 0 Å². The number of esters is 1. The molecule has 1 rings (SSSR count). The molecule has 0 aliphatic carbocycles. The molecule has 1 aromatic heterocycles. The number of tetrazole rings is 1. The highest BCUT2D eigenvalue weighted by molar-refractivity contribution is 7.99. The summed E-state index contributed by atoms with van der Waals surface area (Å²) >= 11 is 1.28. The lowest BCUT2D eigenvalue weighted by molar-refractivity contribution is -0.144. The first-order valence-corrected chi connectivity index (χ1v) is 6.40. The molecule has 0 N–H and O–H groups in total. The van der Waals surface area contributed by atoms with E-state index in [1.807, 2.05) is 34.6 Å². The van der Waals surface area contributed by atoms with Crippen molar-refractivity contribution in [2.75, 3.05) is 5.75 Å². The zero-order chi connectivity index (χ0) is 13.1. The molecule has 0 radical (unpaired) electrons. The highest BCUT2D eigenvalue weighted by atomic mass is 32.2. The zero-order valence-electron chi connectivity index (χ0n) is 10.8. The molecule has 0 aliphatic heterocycles. The van der Waals surface area contributed by atoms with Crippen LogP contribution in [0.5, 0.6) is 0 Å². The molecule has 0 fully saturated rings. The largest absolute Gasteiger partial charge is 0.462 e. The van der Waals surface area contributed by atoms with Crippen LogP contribution in [0.2, 0.25) is 0 Å². The van der Waals surface area contributed by atoms with Gasteiger partial charge < -0.3 is 4.74 Å². The van der Waals surface area contributed by atoms with Gasteiger partial charge in [0.15, 0.2) is 0 Å². The quantitative estimate of drug-likeness (QED) is 0.601. The monoisotopic (exact) mass is 258 g/mol. The molecule has 1 aromatic rings. The first-order chi connectivity index (χ1) is 7.80. The van der Waals surface area contributed by atoms with Gasteiger partial charge in [-0.25, -0.2) is 4.68 Å². The van der Waals surface area contributed by atoms with Gasteiger partial charge in [-0.3, -0.25) is 4.79 Å². The fourth-order valence-corrected chi connectivity index (χ4v) is 1.95. The van der Waals surface area contributed by atoms with Crippen LogP contribution < -0.4 is 0 Å². The fraction of sp³-hybridized carbons (Fsp3) is 0.800. The lowest BCUT2D eigenvalue weighted by Gasteiger charge is -2.19. The Balaban J connectivity index is 2.59. The first kappa shape index (κ1) is 14.0. The highest BCUT2D eigenvalue weighted by Crippen LogP contribution is 2.21. The third-order valence-corrected chi connectivity index (χ3v) is 2.66. The van der Waals surface area contributed by atoms with E-state index in [2.05, 4.69) is 15.5 Å². The number of carbonyl (C=O) groups excluding carboxylic acids is 1. The number of nitrogens with zero attached hydrogens (tertiary/aromatic N) is 4. The van der Waals surface area contributed by atoms with Crippen molar-refractivity contribution in [3.05, 3.63) is 0 Å². The Kier molecular flexibility index (Phi) is 4.50. The molecule has 0 aliphatic rings. The first-order valence-electron chi connectivity index (χ1n) is 5.42. The summed E-state index contributed by atoms with van der Waals surface area (Å²) in [4.78, 5) is 11.4. The Bertz CT molecular complexity index is 384. The minimum atomic E-state index is -0.256. The van der Waals surface area contributed by atoms with Crippen LogP contribution in [0.25, 0.3) is 0 Å². The Morgan fingerprint density at radius 1 is 1.47 bits per heavy atom. The molecule has 0 atom stereocenters. The molecular weight excluding hydrogens is 240 g/mol. The summed E-state index contributed by atoms with van der Waals surface area (Å²) in [5.74, 6) is -0.0392. The van der Waals surface area contributed by atoms with E-state index in [9.17, 15) is 4.79 Å². The van der Waals surface area contributed by atoms with Gasteiger partial charge in [0.05, 0.1) is 17.4 Å². The van der Waals surface area contributed by atoms with E-state index in [4.69, 9.17) is 4.74 Å². The topological polar surface area (TPSA) is 69.9 Å². The minimum Gasteiger partial charge on any atom is -0.462 e. The van der Waals surface area contributed by atoms with E-state index in [1.165, 1.54) is 11.8 Å². The summed E-state index contributed by atoms with van der Waals surface area (Å²) in [6, 6.07) is 0. The third kappa shape index (κ3) is 4.33. The number of carbonyl (C=O) groups is 1. The van der Waals surface area contributed by atoms with Crippen molar-refractivity contribution in [3.63, 3.8) is 0 Å². The smallest absolute Gasteiger partial charge is 0.316 e. The van der Waals surface area contributed by atoms with Crippen molar-refractivity contribution < 1.29 is 9.53 Å². The summed E-state index contributed by atoms with van der Waals surface area (Å²) in [5, 5.41) is 12.0. The van der Waals surface area contributed by atoms with E-state index in [-0.39, 0.29) is 23.4 Å². The van der Waals surface area contributed by atoms with Gasteiger partial charge in [-0.15, -0.1) is 5.10 Å². The second kappa shape index (κ2) is 5.48. The van der Waals surface area contributed by atoms with Crippen LogP contribution in [0.1, 0.15) is 34.6 Å². The van der Waals surface area contributed by atoms with Gasteiger partial charge in [-0.1, -0.05) is 11.8 Å². The van der Waals surface area contributed by atoms with Gasteiger partial charge in [0.1, 0.15) is 0 Å². The van der Waals surface area contributed by atoms with Crippen molar-refractivity contribution in [3.8, 4) is 0 Å². The minimum absolute atomic E-state index is 0.0956. The van der Waals surface area contributed by atoms with Gasteiger partial charge in [-0.05, 0) is 45.0 Å². The number of ether oxygens (including phenoxy) is 1. The zero-order valence-corrected chi connectivity index (χ0v) is 11.6. The fourth-order valence-electron chi connectivity index (χ4n) is 1.11. The number of thioether (sulfide) groups is 1. The molecule has 0 unspecified atom stereocenters. The molecule has 17 heavy (non-hydrogen) atoms. The number of hydrogen-bond acceptors (Lipinski definition) is 6. The normalized spacial score (nSPS) is 11.9. The lowest BCUT2D eigenvalue weighted by Crippen LogP contribution is -2.24. The van der Waals surface area contributed by atoms with Crippen LogP contribution in [0.3, 0.4) is 0 Å². The van der Waals surface area contributed by atoms with Crippen LogP contribution in [0, 0.1) is 0 Å². The lowest BCUT2D eigenvalue weighted by atomic mass is 10.1. The number of aromatic nitrogens is 4. The maximum absolute atomic E-state index is 11.4. The molecule has 0 saturated carbocycles. The van der Waals surface area contributed by atoms with Crippen molar-refractivity contribution >= 4 is 17.7 Å². The van der Waals surface area contributed by atoms with E-state index < -0.39 is 0 Å². The van der Waals surface area contributed by atoms with E-state index in [0.29, 0.717) is 5.16 Å². The van der Waals surface area contributed by atoms with E-state index in [1.54, 1.807) is 4.68 Å². The summed E-state index contributed by atoms with van der Waals surface area (Å²) in [6.07, 6.45) is -0.0956. The average molecular weight is 258 g/mol. The van der Waals surface area contributed by atoms with Crippen LogP contribution in [-0.2, 0) is 15.1 Å². The summed E-state index contributed by atoms with van der Waals surface area (Å²) in [7, 11) is 0. The molecule has 0 amide bonds. The van der Waals surface area contributed by atoms with Crippen LogP contribution in [0.15, 0.2) is 5.16 Å². The highest BCUT2D eigenvalue weighted by Gasteiger charge is 2.20. The van der Waals surface area contributed by atoms with Crippen molar-refractivity contribution in [2.45, 2.75) is 51.4 Å². The van der Waals surface area contributed by atoms with Crippen LogP contribution >= 0.6 is 11.8 Å². The Morgan fingerprint density at radius 2 is 2.12 bits per heavy atom. The second-order valence-corrected chi connectivity index (χ2v) is 5.81. The molecule has 96 valence electrons. The Labute approximate surface area is 105 Å². The Hall–Kier alpha value is -1.11. The van der Waals surface area contributed by atoms with Gasteiger partial charge >= 0.3 is 5.97 Å². The van der Waals surface area contributed by atoms with Gasteiger partial charge in [0, 0.05) is 0 Å². The molecule has 0 aromatic carbocycles. The van der Waals surface area contributed by atoms with Crippen LogP contribution in [0.4, 0.5) is 0 Å². The van der Waals surface area contributed by atoms with Crippen molar-refractivity contribution in [1.29, 1.82) is 0 Å². The van der Waals surface area contributed by atoms with Crippen molar-refractivity contribution in [1.82, 2.24) is 20.2 Å². The summed E-state index contributed by atoms with van der Waals surface area (Å²) < 4.78 is 6.73. The second-order valence-electron chi connectivity index (χ2n) is 4.87. The van der Waals surface area contributed by atoms with Crippen LogP contribution in [-0.4, -0.2) is 38.0 Å². The molecule has 6 nitrogen and oxygen atoms in total. The standard InChI is InChI=1S/C10H18N4O2S/c1-7(2)16-8(15)6-17-9-11-12-13-14(9)10(3,4)5/h7H,6H2,1-5H3. The number of rotatable bonds is 4. The molecule has 0 saturated heterocycles. The maximum Gasteiger partial charge on any atom is 0.316 e. The average Bonchev–Trinajstić information content (AvgIpc) is 2.60. The number of hydrogen-bond donors (Lipinski definition) is 0. The predicted molar refractivity (Wildman–Crippen MR) is 64.8 cm³/mol. The van der Waals surface area contributed by atoms with E-state index >= 15 is 0 Å². The maximum atomic E-state index is 11.4. The molecule has 1 heterocycles. The van der Waals surface area contributed by atoms with Gasteiger partial charge in [0.2, 0.25) is 5.16 Å². The molecule has 0 spiro atoms. The van der Waals surface area contributed by atoms with Gasteiger partial charge in [0.25, 0.3) is 0 Å². The SMILES string of the molecule is CC(C)OC(=O)CSc1nnnn1C(C)(C)C. The predicted octanol–water partition coefficient (Wildman–Crippen LogP) is 1.47. The third-order valence-electron chi connectivity index (χ3n) is 1.76. The van der Waals surface area contributed by atoms with E-state index in [0.717, 1.165) is 0 Å². The summed E-state index contributed by atoms with van der Waals surface area (Å²) in [5.41, 5.74) is -0.201. The summed E-state index contributed by atoms with van der Waals surface area (Å²) in [6.45, 7) is 9.64. The van der Waals surface area contributed by atoms with Crippen molar-refractivity contribution in [2.24, 2.45) is 0 Å². The Morgan fingerprint density at radius 3 is 2.65 bits per heavy atom. The molecular formula is C10H18N4O2S. The molecule has 7 heteroatoms. The molecule has 0 bridgehead atoms.